The molecule has 0 saturated carbocycles. The molecule has 148 valence electrons. The summed E-state index contributed by atoms with van der Waals surface area (Å²) in [6.45, 7) is 6.09. The zero-order valence-corrected chi connectivity index (χ0v) is 15.7. The summed E-state index contributed by atoms with van der Waals surface area (Å²) < 4.78 is 28.5. The Kier molecular flexibility index (Phi) is 4.78. The van der Waals surface area contributed by atoms with Gasteiger partial charge in [0.25, 0.3) is 17.8 Å². The van der Waals surface area contributed by atoms with Gasteiger partial charge in [0.05, 0.1) is 6.33 Å². The van der Waals surface area contributed by atoms with Gasteiger partial charge >= 0.3 is 0 Å². The minimum absolute atomic E-state index is 0.280. The lowest BCUT2D eigenvalue weighted by molar-refractivity contribution is 0.145. The highest BCUT2D eigenvalue weighted by Gasteiger charge is 2.24. The molecular weight excluding hydrogens is 368 g/mol. The van der Waals surface area contributed by atoms with Crippen molar-refractivity contribution >= 4 is 11.6 Å². The van der Waals surface area contributed by atoms with Crippen LogP contribution >= 0.6 is 0 Å². The van der Waals surface area contributed by atoms with Crippen LogP contribution in [0.25, 0.3) is 5.78 Å². The van der Waals surface area contributed by atoms with Gasteiger partial charge in [0.1, 0.15) is 17.8 Å². The van der Waals surface area contributed by atoms with E-state index in [0.717, 1.165) is 49.1 Å². The molecule has 1 fully saturated rings. The molecule has 4 heterocycles. The highest BCUT2D eigenvalue weighted by molar-refractivity contribution is 5.54. The lowest BCUT2D eigenvalue weighted by Gasteiger charge is -2.34. The van der Waals surface area contributed by atoms with Crippen LogP contribution in [0.5, 0.6) is 0 Å². The predicted molar refractivity (Wildman–Crippen MR) is 98.6 cm³/mol. The van der Waals surface area contributed by atoms with Gasteiger partial charge in [0.2, 0.25) is 0 Å². The zero-order valence-electron chi connectivity index (χ0n) is 15.7. The van der Waals surface area contributed by atoms with Crippen molar-refractivity contribution in [3.63, 3.8) is 0 Å². The fourth-order valence-electron chi connectivity index (χ4n) is 3.69. The molecule has 8 nitrogen and oxygen atoms in total. The number of hydrogen-bond acceptors (Lipinski definition) is 6. The van der Waals surface area contributed by atoms with E-state index in [0.29, 0.717) is 12.3 Å². The second-order valence-corrected chi connectivity index (χ2v) is 7.15. The Morgan fingerprint density at radius 2 is 1.96 bits per heavy atom. The largest absolute Gasteiger partial charge is 0.356 e. The van der Waals surface area contributed by atoms with E-state index >= 15 is 0 Å². The van der Waals surface area contributed by atoms with Gasteiger partial charge in [0, 0.05) is 37.0 Å². The lowest BCUT2D eigenvalue weighted by Crippen LogP contribution is -2.38. The highest BCUT2D eigenvalue weighted by atomic mass is 19.3. The molecule has 1 saturated heterocycles. The number of rotatable bonds is 4. The molecule has 1 aliphatic heterocycles. The molecular formula is C18H21F2N7O. The van der Waals surface area contributed by atoms with E-state index in [4.69, 9.17) is 0 Å². The number of piperidine rings is 1. The van der Waals surface area contributed by atoms with Gasteiger partial charge in [-0.15, -0.1) is 0 Å². The number of hydrogen-bond donors (Lipinski definition) is 0. The molecule has 3 aromatic heterocycles. The number of halogens is 2. The average Bonchev–Trinajstić information content (AvgIpc) is 3.13. The molecule has 0 unspecified atom stereocenters. The molecule has 0 amide bonds. The van der Waals surface area contributed by atoms with Crippen molar-refractivity contribution in [3.8, 4) is 0 Å². The summed E-state index contributed by atoms with van der Waals surface area (Å²) in [7, 11) is 0. The summed E-state index contributed by atoms with van der Waals surface area (Å²) in [5.74, 6) is 1.86. The van der Waals surface area contributed by atoms with Crippen LogP contribution in [-0.2, 0) is 6.54 Å². The van der Waals surface area contributed by atoms with E-state index in [-0.39, 0.29) is 5.92 Å². The van der Waals surface area contributed by atoms with Crippen LogP contribution in [0.4, 0.5) is 14.6 Å². The topological polar surface area (TPSA) is 81.2 Å². The van der Waals surface area contributed by atoms with E-state index in [1.54, 1.807) is 4.52 Å². The van der Waals surface area contributed by atoms with Gasteiger partial charge in [0.15, 0.2) is 0 Å². The first kappa shape index (κ1) is 18.5. The molecule has 0 aliphatic carbocycles. The van der Waals surface area contributed by atoms with Crippen LogP contribution in [0, 0.1) is 19.8 Å². The van der Waals surface area contributed by atoms with E-state index in [1.165, 1.54) is 17.2 Å². The Bertz CT molecular complexity index is 1050. The summed E-state index contributed by atoms with van der Waals surface area (Å²) in [6, 6.07) is 0.921. The Morgan fingerprint density at radius 3 is 2.64 bits per heavy atom. The van der Waals surface area contributed by atoms with Crippen molar-refractivity contribution in [2.24, 2.45) is 5.92 Å². The molecule has 4 rings (SSSR count). The summed E-state index contributed by atoms with van der Waals surface area (Å²) in [4.78, 5) is 26.7. The molecule has 0 atom stereocenters. The SMILES string of the molecule is Cc1nc2ncnn2c(N2CCC(Cn3cnc(C(F)F)cc3=O)CC2)c1C. The van der Waals surface area contributed by atoms with E-state index < -0.39 is 17.7 Å². The molecule has 0 N–H and O–H groups in total. The van der Waals surface area contributed by atoms with Crippen LogP contribution in [0.1, 0.15) is 36.2 Å². The van der Waals surface area contributed by atoms with Crippen LogP contribution < -0.4 is 10.5 Å². The smallest absolute Gasteiger partial charge is 0.280 e. The van der Waals surface area contributed by atoms with Crippen molar-refractivity contribution in [2.75, 3.05) is 18.0 Å². The fourth-order valence-corrected chi connectivity index (χ4v) is 3.69. The first-order valence-electron chi connectivity index (χ1n) is 9.20. The number of anilines is 1. The predicted octanol–water partition coefficient (Wildman–Crippen LogP) is 2.15. The van der Waals surface area contributed by atoms with Crippen LogP contribution in [0.3, 0.4) is 0 Å². The number of aryl methyl sites for hydroxylation is 1. The third-order valence-electron chi connectivity index (χ3n) is 5.37. The number of nitrogens with zero attached hydrogens (tertiary/aromatic N) is 7. The van der Waals surface area contributed by atoms with Crippen molar-refractivity contribution in [2.45, 2.75) is 39.7 Å². The van der Waals surface area contributed by atoms with Crippen molar-refractivity contribution in [1.29, 1.82) is 0 Å². The first-order valence-corrected chi connectivity index (χ1v) is 9.20. The van der Waals surface area contributed by atoms with Gasteiger partial charge < -0.3 is 4.90 Å². The maximum Gasteiger partial charge on any atom is 0.280 e. The normalized spacial score (nSPS) is 15.7. The summed E-state index contributed by atoms with van der Waals surface area (Å²) in [6.07, 6.45) is 1.75. The minimum atomic E-state index is -2.73. The molecule has 10 heteroatoms. The second-order valence-electron chi connectivity index (χ2n) is 7.15. The Hall–Kier alpha value is -2.91. The standard InChI is InChI=1S/C18H21F2N7O/c1-11-12(2)24-18-21-9-23-27(18)17(11)25-5-3-13(4-6-25)8-26-10-22-14(16(19)20)7-15(26)28/h7,9-10,13,16H,3-6,8H2,1-2H3. The van der Waals surface area contributed by atoms with Gasteiger partial charge in [-0.1, -0.05) is 0 Å². The Labute approximate surface area is 159 Å². The van der Waals surface area contributed by atoms with Crippen LogP contribution in [0.15, 0.2) is 23.5 Å². The maximum absolute atomic E-state index is 12.7. The highest BCUT2D eigenvalue weighted by Crippen LogP contribution is 2.28. The first-order chi connectivity index (χ1) is 13.4. The fraction of sp³-hybridized carbons (Fsp3) is 0.500. The van der Waals surface area contributed by atoms with Crippen LogP contribution in [0.2, 0.25) is 0 Å². The summed E-state index contributed by atoms with van der Waals surface area (Å²) in [5, 5.41) is 4.30. The second kappa shape index (κ2) is 7.25. The van der Waals surface area contributed by atoms with Crippen molar-refractivity contribution in [1.82, 2.24) is 29.1 Å². The lowest BCUT2D eigenvalue weighted by atomic mass is 9.96. The maximum atomic E-state index is 12.7. The van der Waals surface area contributed by atoms with E-state index in [1.807, 2.05) is 13.8 Å². The Morgan fingerprint density at radius 1 is 1.21 bits per heavy atom. The summed E-state index contributed by atoms with van der Waals surface area (Å²) >= 11 is 0. The van der Waals surface area contributed by atoms with Crippen LogP contribution in [-0.4, -0.2) is 42.2 Å². The molecule has 0 spiro atoms. The summed E-state index contributed by atoms with van der Waals surface area (Å²) in [5.41, 5.74) is 1.09. The molecule has 28 heavy (non-hydrogen) atoms. The van der Waals surface area contributed by atoms with Crippen molar-refractivity contribution in [3.05, 3.63) is 46.0 Å². The molecule has 0 bridgehead atoms. The minimum Gasteiger partial charge on any atom is -0.356 e. The van der Waals surface area contributed by atoms with Gasteiger partial charge in [-0.2, -0.15) is 14.6 Å². The monoisotopic (exact) mass is 389 g/mol. The molecule has 1 aliphatic rings. The third-order valence-corrected chi connectivity index (χ3v) is 5.37. The third kappa shape index (κ3) is 3.34. The van der Waals surface area contributed by atoms with Gasteiger partial charge in [-0.05, 0) is 32.6 Å². The number of alkyl halides is 2. The molecule has 0 aromatic carbocycles. The Balaban J connectivity index is 1.48. The number of fused-ring (bicyclic) bond motifs is 1. The zero-order chi connectivity index (χ0) is 19.8. The quantitative estimate of drug-likeness (QED) is 0.680. The van der Waals surface area contributed by atoms with Gasteiger partial charge in [-0.25, -0.2) is 18.7 Å². The van der Waals surface area contributed by atoms with Gasteiger partial charge in [-0.3, -0.25) is 9.36 Å². The molecule has 3 aromatic rings. The van der Waals surface area contributed by atoms with Crippen molar-refractivity contribution < 1.29 is 8.78 Å². The van der Waals surface area contributed by atoms with E-state index in [2.05, 4.69) is 25.0 Å². The average molecular weight is 389 g/mol. The molecule has 0 radical (unpaired) electrons. The van der Waals surface area contributed by atoms with E-state index in [9.17, 15) is 13.6 Å². The number of aromatic nitrogens is 6.